The van der Waals surface area contributed by atoms with Crippen LogP contribution in [0.5, 0.6) is 0 Å². The van der Waals surface area contributed by atoms with Crippen molar-refractivity contribution in [2.45, 2.75) is 28.6 Å². The van der Waals surface area contributed by atoms with Gasteiger partial charge in [-0.15, -0.1) is 0 Å². The summed E-state index contributed by atoms with van der Waals surface area (Å²) >= 11 is -0.400. The van der Waals surface area contributed by atoms with Crippen molar-refractivity contribution in [2.24, 2.45) is 0 Å². The zero-order valence-electron chi connectivity index (χ0n) is 14.4. The number of benzene rings is 2. The Morgan fingerprint density at radius 1 is 0.760 bits per heavy atom. The molecule has 0 amide bonds. The molecule has 2 aliphatic carbocycles. The fraction of sp³-hybridized carbons (Fsp3) is 0.238. The van der Waals surface area contributed by atoms with E-state index in [1.54, 1.807) is 11.1 Å². The minimum absolute atomic E-state index is 0. The molecule has 2 aromatic rings. The van der Waals surface area contributed by atoms with Crippen LogP contribution < -0.4 is 24.8 Å². The van der Waals surface area contributed by atoms with Crippen molar-refractivity contribution < 1.29 is 46.7 Å². The molecule has 0 aromatic heterocycles. The van der Waals surface area contributed by atoms with Gasteiger partial charge in [-0.05, 0) is 0 Å². The number of fused-ring (bicyclic) bond motifs is 2. The van der Waals surface area contributed by atoms with Crippen molar-refractivity contribution in [2.75, 3.05) is 0 Å². The van der Waals surface area contributed by atoms with Crippen LogP contribution in [0.1, 0.15) is 34.1 Å². The Morgan fingerprint density at radius 2 is 1.20 bits per heavy atom. The van der Waals surface area contributed by atoms with E-state index in [0.29, 0.717) is 11.8 Å². The Bertz CT molecular complexity index is 776. The molecule has 0 bridgehead atoms. The first kappa shape index (κ1) is 20.9. The number of rotatable bonds is 3. The van der Waals surface area contributed by atoms with E-state index >= 15 is 0 Å². The van der Waals surface area contributed by atoms with Crippen molar-refractivity contribution in [3.05, 3.63) is 82.9 Å². The second-order valence-electron chi connectivity index (χ2n) is 6.70. The smallest absolute Gasteiger partial charge is 1.00 e. The molecule has 0 fully saturated rings. The molecular formula is C21H21Cl2SiZr. The number of hydrogen-bond donors (Lipinski definition) is 0. The van der Waals surface area contributed by atoms with Crippen LogP contribution in [-0.4, -0.2) is 5.43 Å². The van der Waals surface area contributed by atoms with E-state index in [1.807, 2.05) is 0 Å². The van der Waals surface area contributed by atoms with Gasteiger partial charge < -0.3 is 24.8 Å². The molecular weight excluding hydrogens is 442 g/mol. The average molecular weight is 464 g/mol. The van der Waals surface area contributed by atoms with Crippen LogP contribution in [0.2, 0.25) is 16.7 Å². The third-order valence-corrected chi connectivity index (χ3v) is 14.3. The second-order valence-corrected chi connectivity index (χ2v) is 20.1. The largest absolute Gasteiger partial charge is 1.00 e. The first-order valence-corrected chi connectivity index (χ1v) is 16.0. The maximum Gasteiger partial charge on any atom is -1.00 e. The third-order valence-electron chi connectivity index (χ3n) is 4.91. The molecule has 0 radical (unpaired) electrons. The Balaban J connectivity index is 0.00000113. The molecule has 4 heteroatoms. The predicted molar refractivity (Wildman–Crippen MR) is 97.7 cm³/mol. The molecule has 0 saturated heterocycles. The van der Waals surface area contributed by atoms with Crippen LogP contribution in [0.4, 0.5) is 0 Å². The standard InChI is InChI=1S/C19H15.C2H6Si.2ClH.Zr/c1-3-7-18-14(5-1)9-11-16(18)13-17-12-10-15-6-2-4-8-19(15)17;1-3-2;;;/h1-13,16-17H;1-2H3;2*1H;/q;;;;+2/p-2. The summed E-state index contributed by atoms with van der Waals surface area (Å²) in [5.74, 6) is 1.28. The quantitative estimate of drug-likeness (QED) is 0.551. The van der Waals surface area contributed by atoms with Gasteiger partial charge in [0.2, 0.25) is 0 Å². The summed E-state index contributed by atoms with van der Waals surface area (Å²) in [6.45, 7) is 5.05. The number of hydrogen-bond acceptors (Lipinski definition) is 0. The molecule has 2 aromatic carbocycles. The van der Waals surface area contributed by atoms with Gasteiger partial charge in [0.05, 0.1) is 0 Å². The molecule has 2 unspecified atom stereocenters. The fourth-order valence-corrected chi connectivity index (χ4v) is 13.9. The molecule has 0 nitrogen and oxygen atoms in total. The maximum absolute atomic E-state index is 2.53. The second kappa shape index (κ2) is 9.00. The topological polar surface area (TPSA) is 0 Å². The van der Waals surface area contributed by atoms with Crippen molar-refractivity contribution in [1.82, 2.24) is 0 Å². The van der Waals surface area contributed by atoms with Gasteiger partial charge in [0.1, 0.15) is 0 Å². The molecule has 25 heavy (non-hydrogen) atoms. The summed E-state index contributed by atoms with van der Waals surface area (Å²) in [6, 6.07) is 18.0. The summed E-state index contributed by atoms with van der Waals surface area (Å²) in [5, 5.41) is 0. The minimum Gasteiger partial charge on any atom is -1.00 e. The summed E-state index contributed by atoms with van der Waals surface area (Å²) in [7, 11) is 0. The van der Waals surface area contributed by atoms with Gasteiger partial charge in [0, 0.05) is 0 Å². The Morgan fingerprint density at radius 3 is 1.64 bits per heavy atom. The fourth-order valence-electron chi connectivity index (χ4n) is 3.92. The zero-order valence-corrected chi connectivity index (χ0v) is 19.4. The van der Waals surface area contributed by atoms with Crippen LogP contribution in [0, 0.1) is 0 Å². The van der Waals surface area contributed by atoms with E-state index in [0.717, 1.165) is 3.63 Å². The van der Waals surface area contributed by atoms with E-state index in [4.69, 9.17) is 0 Å². The zero-order chi connectivity index (χ0) is 15.8. The van der Waals surface area contributed by atoms with Gasteiger partial charge in [-0.2, -0.15) is 0 Å². The number of halogens is 2. The van der Waals surface area contributed by atoms with Gasteiger partial charge in [0.15, 0.2) is 0 Å². The normalized spacial score (nSPS) is 19.9. The van der Waals surface area contributed by atoms with Crippen LogP contribution in [-0.2, 0) is 21.9 Å². The predicted octanol–water partition coefficient (Wildman–Crippen LogP) is -0.262. The van der Waals surface area contributed by atoms with E-state index in [9.17, 15) is 0 Å². The average Bonchev–Trinajstić information content (AvgIpc) is 3.17. The van der Waals surface area contributed by atoms with Gasteiger partial charge in [-0.1, -0.05) is 0 Å². The minimum atomic E-state index is -0.400. The molecule has 2 atom stereocenters. The molecule has 2 aliphatic rings. The van der Waals surface area contributed by atoms with E-state index in [1.165, 1.54) is 11.1 Å². The van der Waals surface area contributed by atoms with Crippen LogP contribution in [0.15, 0.2) is 60.7 Å². The van der Waals surface area contributed by atoms with Gasteiger partial charge in [0.25, 0.3) is 0 Å². The van der Waals surface area contributed by atoms with E-state index < -0.39 is 21.9 Å². The van der Waals surface area contributed by atoms with Crippen molar-refractivity contribution in [3.8, 4) is 0 Å². The van der Waals surface area contributed by atoms with Gasteiger partial charge in [-0.25, -0.2) is 0 Å². The Labute approximate surface area is 174 Å². The van der Waals surface area contributed by atoms with E-state index in [-0.39, 0.29) is 30.2 Å². The monoisotopic (exact) mass is 461 g/mol. The maximum atomic E-state index is 2.53. The van der Waals surface area contributed by atoms with Gasteiger partial charge >= 0.3 is 151 Å². The molecule has 0 spiro atoms. The molecule has 127 valence electrons. The summed E-state index contributed by atoms with van der Waals surface area (Å²) in [4.78, 5) is 0. The summed E-state index contributed by atoms with van der Waals surface area (Å²) in [6.07, 6.45) is 9.70. The van der Waals surface area contributed by atoms with Crippen molar-refractivity contribution in [1.29, 1.82) is 0 Å². The first-order chi connectivity index (χ1) is 11.2. The van der Waals surface area contributed by atoms with Crippen LogP contribution in [0.25, 0.3) is 12.2 Å². The summed E-state index contributed by atoms with van der Waals surface area (Å²) in [5.41, 5.74) is 5.92. The first-order valence-electron chi connectivity index (χ1n) is 8.35. The molecule has 0 N–H and O–H groups in total. The number of allylic oxidation sites excluding steroid dienone is 2. The van der Waals surface area contributed by atoms with Crippen molar-refractivity contribution in [3.63, 3.8) is 0 Å². The molecule has 0 saturated carbocycles. The molecule has 4 rings (SSSR count). The molecule has 0 aliphatic heterocycles. The summed E-state index contributed by atoms with van der Waals surface area (Å²) < 4.78 is 0.849. The third kappa shape index (κ3) is 4.14. The Hall–Kier alpha value is -0.400. The SMILES string of the molecule is C[Si](C)=[Zr+2][CH](C1C=Cc2ccccc21)C1C=Cc2ccccc21.[Cl-].[Cl-]. The van der Waals surface area contributed by atoms with Gasteiger partial charge in [-0.3, -0.25) is 0 Å². The van der Waals surface area contributed by atoms with Crippen LogP contribution in [0.3, 0.4) is 0 Å². The van der Waals surface area contributed by atoms with Crippen molar-refractivity contribution >= 4 is 17.6 Å². The molecule has 0 heterocycles. The van der Waals surface area contributed by atoms with E-state index in [2.05, 4.69) is 85.9 Å². The van der Waals surface area contributed by atoms with Crippen LogP contribution >= 0.6 is 0 Å². The Kier molecular flexibility index (Phi) is 7.52.